The predicted molar refractivity (Wildman–Crippen MR) is 105 cm³/mol. The molecule has 144 valence electrons. The molecular weight excluding hydrogens is 364 g/mol. The molecule has 0 spiro atoms. The van der Waals surface area contributed by atoms with Crippen LogP contribution >= 0.6 is 0 Å². The number of rotatable bonds is 4. The highest BCUT2D eigenvalue weighted by Gasteiger charge is 2.28. The Morgan fingerprint density at radius 2 is 1.74 bits per heavy atom. The van der Waals surface area contributed by atoms with E-state index in [1.807, 2.05) is 32.0 Å². The van der Waals surface area contributed by atoms with Crippen LogP contribution in [0.1, 0.15) is 27.0 Å². The Kier molecular flexibility index (Phi) is 5.64. The number of carbonyl (C=O) groups is 1. The van der Waals surface area contributed by atoms with Crippen molar-refractivity contribution in [2.24, 2.45) is 0 Å². The first-order valence-corrected chi connectivity index (χ1v) is 10.3. The molecule has 0 aliphatic carbocycles. The number of nitrogens with one attached hydrogen (secondary N) is 1. The lowest BCUT2D eigenvalue weighted by Crippen LogP contribution is -2.40. The third-order valence-electron chi connectivity index (χ3n) is 4.89. The van der Waals surface area contributed by atoms with Crippen molar-refractivity contribution >= 4 is 21.6 Å². The summed E-state index contributed by atoms with van der Waals surface area (Å²) in [7, 11) is -3.66. The molecule has 1 heterocycles. The van der Waals surface area contributed by atoms with Gasteiger partial charge in [0.05, 0.1) is 18.1 Å². The van der Waals surface area contributed by atoms with Crippen molar-refractivity contribution in [1.82, 2.24) is 4.31 Å². The van der Waals surface area contributed by atoms with E-state index in [9.17, 15) is 13.2 Å². The molecule has 1 fully saturated rings. The SMILES string of the molecule is Cc1ccc(C(=O)Nc2cccc(C)c2C)cc1S(=O)(=O)N1CCOCC1. The van der Waals surface area contributed by atoms with Gasteiger partial charge in [0.2, 0.25) is 10.0 Å². The molecule has 1 N–H and O–H groups in total. The maximum absolute atomic E-state index is 13.0. The molecule has 3 rings (SSSR count). The number of nitrogens with zero attached hydrogens (tertiary/aromatic N) is 1. The van der Waals surface area contributed by atoms with Crippen LogP contribution in [-0.4, -0.2) is 44.9 Å². The van der Waals surface area contributed by atoms with Gasteiger partial charge >= 0.3 is 0 Å². The number of hydrogen-bond acceptors (Lipinski definition) is 4. The molecule has 6 nitrogen and oxygen atoms in total. The number of sulfonamides is 1. The van der Waals surface area contributed by atoms with Crippen molar-refractivity contribution in [3.63, 3.8) is 0 Å². The second kappa shape index (κ2) is 7.80. The Bertz CT molecular complexity index is 964. The molecule has 0 aromatic heterocycles. The van der Waals surface area contributed by atoms with Crippen molar-refractivity contribution < 1.29 is 17.9 Å². The zero-order valence-electron chi connectivity index (χ0n) is 15.8. The van der Waals surface area contributed by atoms with Crippen LogP contribution in [0.15, 0.2) is 41.3 Å². The maximum Gasteiger partial charge on any atom is 0.255 e. The van der Waals surface area contributed by atoms with Crippen molar-refractivity contribution in [2.75, 3.05) is 31.6 Å². The fourth-order valence-electron chi connectivity index (χ4n) is 3.03. The van der Waals surface area contributed by atoms with Gasteiger partial charge in [-0.05, 0) is 55.7 Å². The van der Waals surface area contributed by atoms with Gasteiger partial charge in [-0.1, -0.05) is 18.2 Å². The van der Waals surface area contributed by atoms with Gasteiger partial charge in [-0.15, -0.1) is 0 Å². The molecular formula is C20H24N2O4S. The second-order valence-electron chi connectivity index (χ2n) is 6.70. The summed E-state index contributed by atoms with van der Waals surface area (Å²) in [5.74, 6) is -0.331. The smallest absolute Gasteiger partial charge is 0.255 e. The molecule has 1 aliphatic heterocycles. The van der Waals surface area contributed by atoms with Crippen LogP contribution in [0.4, 0.5) is 5.69 Å². The van der Waals surface area contributed by atoms with Crippen LogP contribution in [0.2, 0.25) is 0 Å². The third-order valence-corrected chi connectivity index (χ3v) is 6.93. The van der Waals surface area contributed by atoms with E-state index in [1.54, 1.807) is 19.1 Å². The van der Waals surface area contributed by atoms with Gasteiger partial charge < -0.3 is 10.1 Å². The third kappa shape index (κ3) is 4.05. The van der Waals surface area contributed by atoms with Crippen LogP contribution in [-0.2, 0) is 14.8 Å². The molecule has 2 aromatic carbocycles. The van der Waals surface area contributed by atoms with Crippen molar-refractivity contribution in [3.8, 4) is 0 Å². The summed E-state index contributed by atoms with van der Waals surface area (Å²) in [6, 6.07) is 10.5. The van der Waals surface area contributed by atoms with Crippen molar-refractivity contribution in [1.29, 1.82) is 0 Å². The average Bonchev–Trinajstić information content (AvgIpc) is 2.66. The first-order chi connectivity index (χ1) is 12.8. The second-order valence-corrected chi connectivity index (χ2v) is 8.60. The van der Waals surface area contributed by atoms with Crippen LogP contribution in [0.3, 0.4) is 0 Å². The highest BCUT2D eigenvalue weighted by atomic mass is 32.2. The molecule has 27 heavy (non-hydrogen) atoms. The van der Waals surface area contributed by atoms with E-state index in [2.05, 4.69) is 5.32 Å². The van der Waals surface area contributed by atoms with Crippen LogP contribution < -0.4 is 5.32 Å². The minimum absolute atomic E-state index is 0.165. The Morgan fingerprint density at radius 1 is 1.04 bits per heavy atom. The molecule has 7 heteroatoms. The lowest BCUT2D eigenvalue weighted by Gasteiger charge is -2.26. The van der Waals surface area contributed by atoms with Gasteiger partial charge in [0.15, 0.2) is 0 Å². The van der Waals surface area contributed by atoms with Gasteiger partial charge in [-0.2, -0.15) is 4.31 Å². The number of hydrogen-bond donors (Lipinski definition) is 1. The van der Waals surface area contributed by atoms with E-state index >= 15 is 0 Å². The summed E-state index contributed by atoms with van der Waals surface area (Å²) in [5, 5.41) is 2.88. The molecule has 0 unspecified atom stereocenters. The number of anilines is 1. The minimum Gasteiger partial charge on any atom is -0.379 e. The number of morpholine rings is 1. The summed E-state index contributed by atoms with van der Waals surface area (Å²) in [4.78, 5) is 12.9. The lowest BCUT2D eigenvalue weighted by molar-refractivity contribution is 0.0730. The quantitative estimate of drug-likeness (QED) is 0.874. The summed E-state index contributed by atoms with van der Waals surface area (Å²) < 4.78 is 32.6. The Balaban J connectivity index is 1.90. The number of carbonyl (C=O) groups excluding carboxylic acids is 1. The first-order valence-electron chi connectivity index (χ1n) is 8.87. The van der Waals surface area contributed by atoms with Crippen molar-refractivity contribution in [3.05, 3.63) is 58.7 Å². The lowest BCUT2D eigenvalue weighted by atomic mass is 10.1. The van der Waals surface area contributed by atoms with Gasteiger partial charge in [-0.3, -0.25) is 4.79 Å². The molecule has 1 amide bonds. The minimum atomic E-state index is -3.66. The van der Waals surface area contributed by atoms with Gasteiger partial charge in [0.1, 0.15) is 0 Å². The fraction of sp³-hybridized carbons (Fsp3) is 0.350. The summed E-state index contributed by atoms with van der Waals surface area (Å²) in [6.07, 6.45) is 0. The molecule has 0 bridgehead atoms. The zero-order chi connectivity index (χ0) is 19.6. The van der Waals surface area contributed by atoms with E-state index in [4.69, 9.17) is 4.74 Å². The van der Waals surface area contributed by atoms with E-state index in [0.29, 0.717) is 37.4 Å². The zero-order valence-corrected chi connectivity index (χ0v) is 16.6. The van der Waals surface area contributed by atoms with E-state index in [0.717, 1.165) is 16.8 Å². The first kappa shape index (κ1) is 19.5. The topological polar surface area (TPSA) is 75.7 Å². The molecule has 0 saturated carbocycles. The Labute approximate surface area is 160 Å². The van der Waals surface area contributed by atoms with Crippen LogP contribution in [0.25, 0.3) is 0 Å². The Morgan fingerprint density at radius 3 is 2.44 bits per heavy atom. The molecule has 0 atom stereocenters. The predicted octanol–water partition coefficient (Wildman–Crippen LogP) is 2.89. The normalized spacial score (nSPS) is 15.5. The number of amides is 1. The van der Waals surface area contributed by atoms with Gasteiger partial charge in [0.25, 0.3) is 5.91 Å². The molecule has 1 aliphatic rings. The van der Waals surface area contributed by atoms with E-state index in [1.165, 1.54) is 10.4 Å². The highest BCUT2D eigenvalue weighted by Crippen LogP contribution is 2.24. The van der Waals surface area contributed by atoms with Gasteiger partial charge in [0, 0.05) is 24.3 Å². The molecule has 1 saturated heterocycles. The number of benzene rings is 2. The number of ether oxygens (including phenoxy) is 1. The maximum atomic E-state index is 13.0. The van der Waals surface area contributed by atoms with Crippen molar-refractivity contribution in [2.45, 2.75) is 25.7 Å². The van der Waals surface area contributed by atoms with Gasteiger partial charge in [-0.25, -0.2) is 8.42 Å². The fourth-order valence-corrected chi connectivity index (χ4v) is 4.69. The highest BCUT2D eigenvalue weighted by molar-refractivity contribution is 7.89. The summed E-state index contributed by atoms with van der Waals surface area (Å²) in [5.41, 5.74) is 3.71. The number of aryl methyl sites for hydroxylation is 2. The Hall–Kier alpha value is -2.22. The van der Waals surface area contributed by atoms with E-state index < -0.39 is 10.0 Å². The largest absolute Gasteiger partial charge is 0.379 e. The monoisotopic (exact) mass is 388 g/mol. The summed E-state index contributed by atoms with van der Waals surface area (Å²) in [6.45, 7) is 7.05. The van der Waals surface area contributed by atoms with Crippen LogP contribution in [0.5, 0.6) is 0 Å². The molecule has 2 aromatic rings. The van der Waals surface area contributed by atoms with Crippen LogP contribution in [0, 0.1) is 20.8 Å². The molecule has 0 radical (unpaired) electrons. The average molecular weight is 388 g/mol. The van der Waals surface area contributed by atoms with E-state index in [-0.39, 0.29) is 10.8 Å². The summed E-state index contributed by atoms with van der Waals surface area (Å²) >= 11 is 0. The standard InChI is InChI=1S/C20H24N2O4S/c1-14-5-4-6-18(16(14)3)21-20(23)17-8-7-15(2)19(13-17)27(24,25)22-9-11-26-12-10-22/h4-8,13H,9-12H2,1-3H3,(H,21,23).